The summed E-state index contributed by atoms with van der Waals surface area (Å²) in [5, 5.41) is 14.5. The number of amides is 2. The number of anilines is 1. The number of benzene rings is 1. The second kappa shape index (κ2) is 10.1. The molecule has 1 aliphatic heterocycles. The maximum atomic E-state index is 13.9. The van der Waals surface area contributed by atoms with Crippen LogP contribution in [0.15, 0.2) is 30.6 Å². The van der Waals surface area contributed by atoms with Crippen LogP contribution in [0.5, 0.6) is 0 Å². The molecule has 0 saturated carbocycles. The van der Waals surface area contributed by atoms with Crippen LogP contribution in [0.2, 0.25) is 5.02 Å². The van der Waals surface area contributed by atoms with Gasteiger partial charge in [0.2, 0.25) is 0 Å². The summed E-state index contributed by atoms with van der Waals surface area (Å²) in [6.07, 6.45) is 3.41. The topological polar surface area (TPSA) is 89.2 Å². The first-order valence-corrected chi connectivity index (χ1v) is 11.1. The van der Waals surface area contributed by atoms with E-state index in [4.69, 9.17) is 16.3 Å². The molecule has 1 aliphatic rings. The average molecular weight is 494 g/mol. The summed E-state index contributed by atoms with van der Waals surface area (Å²) in [7, 11) is 5.07. The average Bonchev–Trinajstić information content (AvgIpc) is 3.48. The van der Waals surface area contributed by atoms with E-state index in [1.165, 1.54) is 10.7 Å². The van der Waals surface area contributed by atoms with Crippen molar-refractivity contribution in [1.29, 1.82) is 0 Å². The van der Waals surface area contributed by atoms with Crippen molar-refractivity contribution in [3.8, 4) is 11.3 Å². The van der Waals surface area contributed by atoms with E-state index >= 15 is 0 Å². The molecule has 0 spiro atoms. The van der Waals surface area contributed by atoms with E-state index in [-0.39, 0.29) is 17.0 Å². The Balaban J connectivity index is 1.51. The third-order valence-electron chi connectivity index (χ3n) is 5.90. The van der Waals surface area contributed by atoms with Crippen molar-refractivity contribution in [3.63, 3.8) is 0 Å². The molecule has 3 heterocycles. The molecule has 1 fully saturated rings. The molecule has 182 valence electrons. The Morgan fingerprint density at radius 3 is 2.74 bits per heavy atom. The Morgan fingerprint density at radius 1 is 1.26 bits per heavy atom. The van der Waals surface area contributed by atoms with Crippen molar-refractivity contribution in [2.75, 3.05) is 38.7 Å². The SMILES string of the molecule is COCCN1C[C@@H](NC(=O)Nc2c(Cl)c(-c3cnn(C)c3)nn2C)[C@H](c2ccc(F)c(F)c2)C1. The van der Waals surface area contributed by atoms with Gasteiger partial charge in [0, 0.05) is 58.5 Å². The van der Waals surface area contributed by atoms with Gasteiger partial charge in [0.05, 0.1) is 18.8 Å². The van der Waals surface area contributed by atoms with Crippen molar-refractivity contribution in [3.05, 3.63) is 52.8 Å². The van der Waals surface area contributed by atoms with Crippen molar-refractivity contribution >= 4 is 23.4 Å². The second-order valence-electron chi connectivity index (χ2n) is 8.27. The van der Waals surface area contributed by atoms with Crippen LogP contribution in [0.1, 0.15) is 11.5 Å². The number of urea groups is 1. The van der Waals surface area contributed by atoms with Gasteiger partial charge in [-0.3, -0.25) is 19.6 Å². The van der Waals surface area contributed by atoms with E-state index in [1.54, 1.807) is 44.3 Å². The highest BCUT2D eigenvalue weighted by molar-refractivity contribution is 6.36. The summed E-state index contributed by atoms with van der Waals surface area (Å²) < 4.78 is 35.7. The summed E-state index contributed by atoms with van der Waals surface area (Å²) >= 11 is 6.51. The van der Waals surface area contributed by atoms with Crippen LogP contribution in [-0.2, 0) is 18.8 Å². The quantitative estimate of drug-likeness (QED) is 0.528. The summed E-state index contributed by atoms with van der Waals surface area (Å²) in [5.74, 6) is -1.72. The van der Waals surface area contributed by atoms with Crippen LogP contribution in [-0.4, -0.2) is 69.9 Å². The minimum Gasteiger partial charge on any atom is -0.383 e. The maximum Gasteiger partial charge on any atom is 0.320 e. The Bertz CT molecular complexity index is 1180. The number of aryl methyl sites for hydroxylation is 2. The monoisotopic (exact) mass is 493 g/mol. The predicted molar refractivity (Wildman–Crippen MR) is 124 cm³/mol. The fraction of sp³-hybridized carbons (Fsp3) is 0.409. The summed E-state index contributed by atoms with van der Waals surface area (Å²) in [6, 6.07) is 3.02. The van der Waals surface area contributed by atoms with Gasteiger partial charge in [-0.25, -0.2) is 13.6 Å². The number of halogens is 3. The van der Waals surface area contributed by atoms with E-state index in [1.807, 2.05) is 0 Å². The van der Waals surface area contributed by atoms with Crippen molar-refractivity contribution in [2.45, 2.75) is 12.0 Å². The molecule has 1 aromatic carbocycles. The zero-order chi connectivity index (χ0) is 24.4. The first kappa shape index (κ1) is 24.1. The van der Waals surface area contributed by atoms with Gasteiger partial charge in [-0.05, 0) is 17.7 Å². The zero-order valence-corrected chi connectivity index (χ0v) is 19.8. The molecule has 0 unspecified atom stereocenters. The number of aromatic nitrogens is 4. The fourth-order valence-electron chi connectivity index (χ4n) is 4.19. The first-order valence-electron chi connectivity index (χ1n) is 10.7. The third kappa shape index (κ3) is 5.06. The van der Waals surface area contributed by atoms with Gasteiger partial charge in [-0.1, -0.05) is 17.7 Å². The van der Waals surface area contributed by atoms with Crippen LogP contribution in [0, 0.1) is 11.6 Å². The number of ether oxygens (including phenoxy) is 1. The van der Waals surface area contributed by atoms with Gasteiger partial charge >= 0.3 is 6.03 Å². The highest BCUT2D eigenvalue weighted by atomic mass is 35.5. The van der Waals surface area contributed by atoms with Gasteiger partial charge < -0.3 is 10.1 Å². The Labute approximate surface area is 200 Å². The number of hydrogen-bond donors (Lipinski definition) is 2. The smallest absolute Gasteiger partial charge is 0.320 e. The molecule has 12 heteroatoms. The zero-order valence-electron chi connectivity index (χ0n) is 19.1. The lowest BCUT2D eigenvalue weighted by Gasteiger charge is -2.21. The number of carbonyl (C=O) groups is 1. The molecule has 0 bridgehead atoms. The number of methoxy groups -OCH3 is 1. The molecule has 2 N–H and O–H groups in total. The molecule has 2 atom stereocenters. The molecule has 9 nitrogen and oxygen atoms in total. The van der Waals surface area contributed by atoms with Gasteiger partial charge in [0.15, 0.2) is 17.5 Å². The van der Waals surface area contributed by atoms with Crippen molar-refractivity contribution in [2.24, 2.45) is 14.1 Å². The lowest BCUT2D eigenvalue weighted by Crippen LogP contribution is -2.42. The van der Waals surface area contributed by atoms with Crippen LogP contribution in [0.3, 0.4) is 0 Å². The Hall–Kier alpha value is -3.02. The summed E-state index contributed by atoms with van der Waals surface area (Å²) in [6.45, 7) is 2.27. The van der Waals surface area contributed by atoms with E-state index < -0.39 is 17.7 Å². The number of nitrogens with one attached hydrogen (secondary N) is 2. The normalized spacial score (nSPS) is 18.4. The van der Waals surface area contributed by atoms with Crippen molar-refractivity contribution in [1.82, 2.24) is 29.8 Å². The summed E-state index contributed by atoms with van der Waals surface area (Å²) in [4.78, 5) is 15.0. The maximum absolute atomic E-state index is 13.9. The van der Waals surface area contributed by atoms with Crippen LogP contribution in [0.4, 0.5) is 19.4 Å². The highest BCUT2D eigenvalue weighted by Crippen LogP contribution is 2.33. The minimum absolute atomic E-state index is 0.231. The molecule has 0 aliphatic carbocycles. The van der Waals surface area contributed by atoms with Crippen LogP contribution < -0.4 is 10.6 Å². The molecule has 4 rings (SSSR count). The van der Waals surface area contributed by atoms with Crippen molar-refractivity contribution < 1.29 is 18.3 Å². The standard InChI is InChI=1S/C22H26ClF2N7O2/c1-30-10-14(9-26-30)20-19(23)21(31(2)29-20)28-22(33)27-18-12-32(6-7-34-3)11-15(18)13-4-5-16(24)17(25)8-13/h4-5,8-10,15,18H,6-7,11-12H2,1-3H3,(H2,27,28,33)/t15-,18+/m0/s1. The largest absolute Gasteiger partial charge is 0.383 e. The lowest BCUT2D eigenvalue weighted by molar-refractivity contribution is 0.159. The number of likely N-dealkylation sites (tertiary alicyclic amines) is 1. The number of rotatable bonds is 7. The molecule has 34 heavy (non-hydrogen) atoms. The van der Waals surface area contributed by atoms with E-state index in [0.29, 0.717) is 43.3 Å². The second-order valence-corrected chi connectivity index (χ2v) is 8.65. The van der Waals surface area contributed by atoms with E-state index in [2.05, 4.69) is 25.7 Å². The number of nitrogens with zero attached hydrogens (tertiary/aromatic N) is 5. The molecule has 0 radical (unpaired) electrons. The van der Waals surface area contributed by atoms with Gasteiger partial charge in [0.25, 0.3) is 0 Å². The molecule has 1 saturated heterocycles. The third-order valence-corrected chi connectivity index (χ3v) is 6.25. The molecular formula is C22H26ClF2N7O2. The number of carbonyl (C=O) groups excluding carboxylic acids is 1. The molecule has 3 aromatic rings. The van der Waals surface area contributed by atoms with Gasteiger partial charge in [-0.15, -0.1) is 0 Å². The molecule has 2 amide bonds. The highest BCUT2D eigenvalue weighted by Gasteiger charge is 2.35. The minimum atomic E-state index is -0.916. The fourth-order valence-corrected chi connectivity index (χ4v) is 4.51. The van der Waals surface area contributed by atoms with Crippen LogP contribution >= 0.6 is 11.6 Å². The van der Waals surface area contributed by atoms with E-state index in [9.17, 15) is 13.6 Å². The Morgan fingerprint density at radius 2 is 2.06 bits per heavy atom. The predicted octanol–water partition coefficient (Wildman–Crippen LogP) is 2.99. The van der Waals surface area contributed by atoms with Crippen LogP contribution in [0.25, 0.3) is 11.3 Å². The van der Waals surface area contributed by atoms with E-state index in [0.717, 1.165) is 11.6 Å². The Kier molecular flexibility index (Phi) is 7.15. The number of hydrogen-bond acceptors (Lipinski definition) is 5. The van der Waals surface area contributed by atoms with Gasteiger partial charge in [0.1, 0.15) is 10.7 Å². The summed E-state index contributed by atoms with van der Waals surface area (Å²) in [5.41, 5.74) is 1.83. The lowest BCUT2D eigenvalue weighted by atomic mass is 9.94. The van der Waals surface area contributed by atoms with Gasteiger partial charge in [-0.2, -0.15) is 10.2 Å². The molecular weight excluding hydrogens is 468 g/mol. The first-order chi connectivity index (χ1) is 16.3. The molecule has 2 aromatic heterocycles.